The molecule has 0 saturated carbocycles. The molecular formula is C7H16N4O4S. The smallest absolute Gasteiger partial charge is 0.321 e. The Morgan fingerprint density at radius 3 is 2.56 bits per heavy atom. The van der Waals surface area contributed by atoms with Crippen molar-refractivity contribution in [1.29, 1.82) is 0 Å². The van der Waals surface area contributed by atoms with Gasteiger partial charge in [0.1, 0.15) is 6.04 Å². The van der Waals surface area contributed by atoms with Gasteiger partial charge in [-0.25, -0.2) is 0 Å². The van der Waals surface area contributed by atoms with Crippen LogP contribution in [0.25, 0.3) is 0 Å². The van der Waals surface area contributed by atoms with Crippen LogP contribution in [0.2, 0.25) is 0 Å². The fourth-order valence-electron chi connectivity index (χ4n) is 1.26. The van der Waals surface area contributed by atoms with Crippen molar-refractivity contribution in [3.63, 3.8) is 0 Å². The summed E-state index contributed by atoms with van der Waals surface area (Å²) in [6.07, 6.45) is 0. The Kier molecular flexibility index (Phi) is 4.62. The van der Waals surface area contributed by atoms with Crippen LogP contribution in [0.5, 0.6) is 0 Å². The van der Waals surface area contributed by atoms with Crippen LogP contribution in [-0.2, 0) is 15.0 Å². The van der Waals surface area contributed by atoms with Gasteiger partial charge < -0.3 is 16.2 Å². The van der Waals surface area contributed by atoms with E-state index in [0.717, 1.165) is 0 Å². The van der Waals surface area contributed by atoms with E-state index in [0.29, 0.717) is 26.2 Å². The van der Waals surface area contributed by atoms with E-state index in [9.17, 15) is 13.2 Å². The van der Waals surface area contributed by atoms with Crippen LogP contribution in [0, 0.1) is 0 Å². The summed E-state index contributed by atoms with van der Waals surface area (Å²) in [6.45, 7) is 1.62. The van der Waals surface area contributed by atoms with Crippen molar-refractivity contribution < 1.29 is 18.3 Å². The summed E-state index contributed by atoms with van der Waals surface area (Å²) >= 11 is 0. The molecule has 1 fully saturated rings. The second-order valence-electron chi connectivity index (χ2n) is 3.45. The number of nitrogens with zero attached hydrogens (tertiary/aromatic N) is 1. The van der Waals surface area contributed by atoms with Gasteiger partial charge in [0, 0.05) is 32.7 Å². The van der Waals surface area contributed by atoms with Crippen LogP contribution >= 0.6 is 0 Å². The molecule has 0 radical (unpaired) electrons. The van der Waals surface area contributed by atoms with Crippen molar-refractivity contribution in [2.24, 2.45) is 5.73 Å². The standard InChI is InChI=1S/C7H16N4O4S/c8-6(7(12)13)5-10-16(14,15)11-3-1-9-2-4-11/h6,9-10H,1-5,8H2,(H,12,13)/t6-/m0/s1. The zero-order valence-corrected chi connectivity index (χ0v) is 9.53. The van der Waals surface area contributed by atoms with Gasteiger partial charge in [0.15, 0.2) is 0 Å². The lowest BCUT2D eigenvalue weighted by Gasteiger charge is -2.26. The second-order valence-corrected chi connectivity index (χ2v) is 5.20. The summed E-state index contributed by atoms with van der Waals surface area (Å²) in [5, 5.41) is 11.5. The van der Waals surface area contributed by atoms with Crippen LogP contribution in [0.3, 0.4) is 0 Å². The molecule has 1 aliphatic rings. The predicted octanol–water partition coefficient (Wildman–Crippen LogP) is -2.86. The zero-order valence-electron chi connectivity index (χ0n) is 8.72. The van der Waals surface area contributed by atoms with Crippen molar-refractivity contribution in [2.45, 2.75) is 6.04 Å². The molecule has 1 saturated heterocycles. The van der Waals surface area contributed by atoms with Gasteiger partial charge in [-0.05, 0) is 0 Å². The number of piperazine rings is 1. The van der Waals surface area contributed by atoms with Crippen LogP contribution in [0.15, 0.2) is 0 Å². The van der Waals surface area contributed by atoms with Gasteiger partial charge in [-0.3, -0.25) is 4.79 Å². The quantitative estimate of drug-likeness (QED) is 0.417. The minimum atomic E-state index is -3.61. The maximum atomic E-state index is 11.7. The third-order valence-corrected chi connectivity index (χ3v) is 3.80. The third-order valence-electron chi connectivity index (χ3n) is 2.22. The molecule has 0 aromatic heterocycles. The minimum absolute atomic E-state index is 0.304. The topological polar surface area (TPSA) is 125 Å². The molecule has 0 spiro atoms. The number of carboxylic acid groups (broad SMARTS) is 1. The summed E-state index contributed by atoms with van der Waals surface area (Å²) in [5.41, 5.74) is 5.20. The van der Waals surface area contributed by atoms with Crippen LogP contribution in [0.1, 0.15) is 0 Å². The van der Waals surface area contributed by atoms with E-state index in [2.05, 4.69) is 10.0 Å². The number of hydrogen-bond acceptors (Lipinski definition) is 5. The average Bonchev–Trinajstić information content (AvgIpc) is 2.27. The molecule has 0 bridgehead atoms. The Hall–Kier alpha value is -0.740. The first-order valence-corrected chi connectivity index (χ1v) is 6.31. The predicted molar refractivity (Wildman–Crippen MR) is 57.0 cm³/mol. The molecule has 0 aliphatic carbocycles. The van der Waals surface area contributed by atoms with Crippen LogP contribution < -0.4 is 15.8 Å². The van der Waals surface area contributed by atoms with Gasteiger partial charge in [0.25, 0.3) is 10.2 Å². The van der Waals surface area contributed by atoms with Crippen LogP contribution in [0.4, 0.5) is 0 Å². The van der Waals surface area contributed by atoms with E-state index >= 15 is 0 Å². The van der Waals surface area contributed by atoms with Crippen molar-refractivity contribution in [1.82, 2.24) is 14.3 Å². The first-order valence-electron chi connectivity index (χ1n) is 4.87. The third kappa shape index (κ3) is 3.68. The minimum Gasteiger partial charge on any atom is -0.480 e. The first kappa shape index (κ1) is 13.3. The number of nitrogens with one attached hydrogen (secondary N) is 2. The molecule has 1 heterocycles. The number of nitrogens with two attached hydrogens (primary N) is 1. The highest BCUT2D eigenvalue weighted by Crippen LogP contribution is 1.99. The number of carboxylic acids is 1. The molecule has 9 heteroatoms. The largest absolute Gasteiger partial charge is 0.480 e. The Morgan fingerprint density at radius 2 is 2.06 bits per heavy atom. The van der Waals surface area contributed by atoms with E-state index in [-0.39, 0.29) is 6.54 Å². The lowest BCUT2D eigenvalue weighted by Crippen LogP contribution is -2.53. The van der Waals surface area contributed by atoms with Crippen molar-refractivity contribution in [3.8, 4) is 0 Å². The zero-order chi connectivity index (χ0) is 12.2. The molecular weight excluding hydrogens is 236 g/mol. The molecule has 0 unspecified atom stereocenters. The Bertz CT molecular complexity index is 338. The highest BCUT2D eigenvalue weighted by Gasteiger charge is 2.24. The Labute approximate surface area is 94.0 Å². The molecule has 1 rings (SSSR count). The average molecular weight is 252 g/mol. The summed E-state index contributed by atoms with van der Waals surface area (Å²) in [6, 6.07) is -1.22. The van der Waals surface area contributed by atoms with Crippen LogP contribution in [-0.4, -0.2) is 62.6 Å². The van der Waals surface area contributed by atoms with Gasteiger partial charge in [-0.15, -0.1) is 0 Å². The molecule has 0 amide bonds. The van der Waals surface area contributed by atoms with E-state index in [1.807, 2.05) is 0 Å². The normalized spacial score (nSPS) is 20.6. The fourth-order valence-corrected chi connectivity index (χ4v) is 2.49. The van der Waals surface area contributed by atoms with Gasteiger partial charge in [0.05, 0.1) is 0 Å². The summed E-state index contributed by atoms with van der Waals surface area (Å²) in [7, 11) is -3.61. The maximum Gasteiger partial charge on any atom is 0.321 e. The number of hydrogen-bond donors (Lipinski definition) is 4. The Balaban J connectivity index is 2.47. The van der Waals surface area contributed by atoms with E-state index in [1.54, 1.807) is 0 Å². The molecule has 8 nitrogen and oxygen atoms in total. The van der Waals surface area contributed by atoms with Gasteiger partial charge in [-0.1, -0.05) is 0 Å². The summed E-state index contributed by atoms with van der Waals surface area (Å²) in [5.74, 6) is -1.23. The fraction of sp³-hybridized carbons (Fsp3) is 0.857. The van der Waals surface area contributed by atoms with Gasteiger partial charge in [0.2, 0.25) is 0 Å². The molecule has 94 valence electrons. The number of carbonyl (C=O) groups is 1. The molecule has 16 heavy (non-hydrogen) atoms. The SMILES string of the molecule is N[C@@H](CNS(=O)(=O)N1CCNCC1)C(=O)O. The monoisotopic (exact) mass is 252 g/mol. The molecule has 1 aliphatic heterocycles. The van der Waals surface area contributed by atoms with Gasteiger partial charge >= 0.3 is 5.97 Å². The molecule has 0 aromatic carbocycles. The van der Waals surface area contributed by atoms with E-state index in [1.165, 1.54) is 4.31 Å². The van der Waals surface area contributed by atoms with E-state index in [4.69, 9.17) is 10.8 Å². The maximum absolute atomic E-state index is 11.7. The number of aliphatic carboxylic acids is 1. The molecule has 1 atom stereocenters. The molecule has 5 N–H and O–H groups in total. The van der Waals surface area contributed by atoms with Crippen molar-refractivity contribution in [3.05, 3.63) is 0 Å². The summed E-state index contributed by atoms with van der Waals surface area (Å²) in [4.78, 5) is 10.4. The lowest BCUT2D eigenvalue weighted by atomic mass is 10.3. The van der Waals surface area contributed by atoms with E-state index < -0.39 is 22.2 Å². The number of rotatable bonds is 5. The second kappa shape index (κ2) is 5.55. The first-order chi connectivity index (χ1) is 7.43. The highest BCUT2D eigenvalue weighted by molar-refractivity contribution is 7.87. The lowest BCUT2D eigenvalue weighted by molar-refractivity contribution is -0.138. The van der Waals surface area contributed by atoms with Gasteiger partial charge in [-0.2, -0.15) is 17.4 Å². The summed E-state index contributed by atoms with van der Waals surface area (Å²) < 4.78 is 26.7. The Morgan fingerprint density at radius 1 is 1.50 bits per heavy atom. The van der Waals surface area contributed by atoms with Crippen molar-refractivity contribution in [2.75, 3.05) is 32.7 Å². The highest BCUT2D eigenvalue weighted by atomic mass is 32.2. The van der Waals surface area contributed by atoms with Crippen molar-refractivity contribution >= 4 is 16.2 Å². The molecule has 0 aromatic rings.